The first-order valence-corrected chi connectivity index (χ1v) is 9.87. The largest absolute Gasteiger partial charge is 0.457 e. The van der Waals surface area contributed by atoms with E-state index in [2.05, 4.69) is 4.72 Å². The highest BCUT2D eigenvalue weighted by Crippen LogP contribution is 2.24. The van der Waals surface area contributed by atoms with Crippen LogP contribution in [0.2, 0.25) is 5.02 Å². The molecule has 0 aliphatic carbocycles. The van der Waals surface area contributed by atoms with Crippen molar-refractivity contribution in [3.05, 3.63) is 75.7 Å². The summed E-state index contributed by atoms with van der Waals surface area (Å²) >= 11 is 6.05. The number of halogens is 1. The second kappa shape index (κ2) is 8.98. The van der Waals surface area contributed by atoms with Gasteiger partial charge in [-0.3, -0.25) is 4.79 Å². The second-order valence-electron chi connectivity index (χ2n) is 5.73. The fraction of sp³-hybridized carbons (Fsp3) is 0.211. The lowest BCUT2D eigenvalue weighted by molar-refractivity contribution is -0.147. The molecule has 0 radical (unpaired) electrons. The van der Waals surface area contributed by atoms with E-state index in [9.17, 15) is 13.2 Å². The molecule has 2 aromatic carbocycles. The maximum absolute atomic E-state index is 12.0. The molecule has 0 aliphatic rings. The molecule has 1 atom stereocenters. The Bertz CT molecular complexity index is 892. The third kappa shape index (κ3) is 6.29. The number of rotatable bonds is 7. The number of hydrogen-bond acceptors (Lipinski definition) is 4. The van der Waals surface area contributed by atoms with E-state index in [0.29, 0.717) is 10.6 Å². The highest BCUT2D eigenvalue weighted by molar-refractivity contribution is 7.92. The Morgan fingerprint density at radius 3 is 2.50 bits per heavy atom. The summed E-state index contributed by atoms with van der Waals surface area (Å²) in [7, 11) is -3.75. The van der Waals surface area contributed by atoms with Gasteiger partial charge in [0.25, 0.3) is 0 Å². The van der Waals surface area contributed by atoms with Gasteiger partial charge in [-0.25, -0.2) is 13.1 Å². The molecule has 0 aromatic heterocycles. The molecule has 0 bridgehead atoms. The zero-order valence-electron chi connectivity index (χ0n) is 14.5. The van der Waals surface area contributed by atoms with E-state index >= 15 is 0 Å². The first-order valence-electron chi connectivity index (χ1n) is 7.95. The Morgan fingerprint density at radius 1 is 1.19 bits per heavy atom. The lowest BCUT2D eigenvalue weighted by Gasteiger charge is -2.15. The number of hydrogen-bond donors (Lipinski definition) is 1. The summed E-state index contributed by atoms with van der Waals surface area (Å²) < 4.78 is 31.3. The van der Waals surface area contributed by atoms with Gasteiger partial charge in [-0.05, 0) is 31.6 Å². The van der Waals surface area contributed by atoms with Gasteiger partial charge in [-0.2, -0.15) is 0 Å². The van der Waals surface area contributed by atoms with Gasteiger partial charge in [0.2, 0.25) is 10.0 Å². The first kappa shape index (κ1) is 20.2. The molecule has 138 valence electrons. The van der Waals surface area contributed by atoms with Crippen molar-refractivity contribution in [2.75, 3.05) is 6.54 Å². The van der Waals surface area contributed by atoms with Crippen molar-refractivity contribution in [2.45, 2.75) is 20.0 Å². The number of ether oxygens (including phenoxy) is 1. The van der Waals surface area contributed by atoms with Crippen LogP contribution in [0.15, 0.2) is 53.9 Å². The highest BCUT2D eigenvalue weighted by atomic mass is 35.5. The van der Waals surface area contributed by atoms with Gasteiger partial charge in [-0.1, -0.05) is 59.6 Å². The van der Waals surface area contributed by atoms with E-state index < -0.39 is 28.6 Å². The van der Waals surface area contributed by atoms with Gasteiger partial charge in [0.1, 0.15) is 12.6 Å². The van der Waals surface area contributed by atoms with E-state index in [1.165, 1.54) is 6.08 Å². The minimum Gasteiger partial charge on any atom is -0.457 e. The van der Waals surface area contributed by atoms with Crippen molar-refractivity contribution in [2.24, 2.45) is 0 Å². The third-order valence-electron chi connectivity index (χ3n) is 3.59. The van der Waals surface area contributed by atoms with Crippen molar-refractivity contribution in [1.29, 1.82) is 0 Å². The van der Waals surface area contributed by atoms with Gasteiger partial charge in [0.15, 0.2) is 0 Å². The minimum atomic E-state index is -3.75. The molecular formula is C19H20ClNO4S. The van der Waals surface area contributed by atoms with Crippen molar-refractivity contribution >= 4 is 33.7 Å². The van der Waals surface area contributed by atoms with Crippen LogP contribution in [0.5, 0.6) is 0 Å². The Kier molecular flexibility index (Phi) is 6.97. The lowest BCUT2D eigenvalue weighted by atomic mass is 10.1. The predicted molar refractivity (Wildman–Crippen MR) is 103 cm³/mol. The van der Waals surface area contributed by atoms with Crippen molar-refractivity contribution < 1.29 is 17.9 Å². The smallest absolute Gasteiger partial charge is 0.321 e. The summed E-state index contributed by atoms with van der Waals surface area (Å²) in [4.78, 5) is 11.9. The SMILES string of the molecule is Cc1ccc(/C=C/S(=O)(=O)NCC(=O)O[C@H](C)c2ccccc2Cl)cc1. The van der Waals surface area contributed by atoms with Crippen LogP contribution in [-0.4, -0.2) is 20.9 Å². The summed E-state index contributed by atoms with van der Waals surface area (Å²) in [6.07, 6.45) is 0.878. The molecule has 0 amide bonds. The van der Waals surface area contributed by atoms with Crippen LogP contribution >= 0.6 is 11.6 Å². The fourth-order valence-electron chi connectivity index (χ4n) is 2.16. The summed E-state index contributed by atoms with van der Waals surface area (Å²) in [5, 5.41) is 1.50. The third-order valence-corrected chi connectivity index (χ3v) is 4.97. The van der Waals surface area contributed by atoms with Crippen LogP contribution in [0, 0.1) is 6.92 Å². The minimum absolute atomic E-state index is 0.463. The Labute approximate surface area is 158 Å². The molecule has 0 saturated heterocycles. The van der Waals surface area contributed by atoms with E-state index in [1.807, 2.05) is 19.1 Å². The Balaban J connectivity index is 1.89. The lowest BCUT2D eigenvalue weighted by Crippen LogP contribution is -2.29. The highest BCUT2D eigenvalue weighted by Gasteiger charge is 2.16. The zero-order chi connectivity index (χ0) is 19.2. The molecule has 0 unspecified atom stereocenters. The molecule has 2 rings (SSSR count). The molecule has 7 heteroatoms. The van der Waals surface area contributed by atoms with Gasteiger partial charge < -0.3 is 4.74 Å². The molecule has 1 N–H and O–H groups in total. The Hall–Kier alpha value is -2.15. The fourth-order valence-corrected chi connectivity index (χ4v) is 3.20. The molecule has 5 nitrogen and oxygen atoms in total. The summed E-state index contributed by atoms with van der Waals surface area (Å²) in [5.74, 6) is -0.690. The number of benzene rings is 2. The van der Waals surface area contributed by atoms with Gasteiger partial charge in [0, 0.05) is 16.0 Å². The summed E-state index contributed by atoms with van der Waals surface area (Å²) in [6.45, 7) is 3.15. The van der Waals surface area contributed by atoms with Crippen LogP contribution < -0.4 is 4.72 Å². The zero-order valence-corrected chi connectivity index (χ0v) is 16.0. The average molecular weight is 394 g/mol. The number of nitrogens with one attached hydrogen (secondary N) is 1. The molecule has 2 aromatic rings. The number of carbonyl (C=O) groups excluding carboxylic acids is 1. The van der Waals surface area contributed by atoms with Crippen molar-refractivity contribution in [1.82, 2.24) is 4.72 Å². The van der Waals surface area contributed by atoms with E-state index in [1.54, 1.807) is 43.3 Å². The van der Waals surface area contributed by atoms with Crippen molar-refractivity contribution in [3.63, 3.8) is 0 Å². The quantitative estimate of drug-likeness (QED) is 0.725. The molecular weight excluding hydrogens is 374 g/mol. The maximum Gasteiger partial charge on any atom is 0.321 e. The number of carbonyl (C=O) groups is 1. The molecule has 0 heterocycles. The van der Waals surface area contributed by atoms with Gasteiger partial charge in [-0.15, -0.1) is 0 Å². The molecule has 0 fully saturated rings. The average Bonchev–Trinajstić information content (AvgIpc) is 2.60. The van der Waals surface area contributed by atoms with E-state index in [-0.39, 0.29) is 0 Å². The number of aryl methyl sites for hydroxylation is 1. The normalized spacial score (nSPS) is 12.9. The summed E-state index contributed by atoms with van der Waals surface area (Å²) in [5.41, 5.74) is 2.49. The van der Waals surface area contributed by atoms with Crippen LogP contribution in [0.1, 0.15) is 29.7 Å². The van der Waals surface area contributed by atoms with Gasteiger partial charge >= 0.3 is 5.97 Å². The first-order chi connectivity index (χ1) is 12.3. The maximum atomic E-state index is 12.0. The molecule has 26 heavy (non-hydrogen) atoms. The van der Waals surface area contributed by atoms with Crippen LogP contribution in [-0.2, 0) is 19.6 Å². The topological polar surface area (TPSA) is 72.5 Å². The summed E-state index contributed by atoms with van der Waals surface area (Å²) in [6, 6.07) is 14.4. The van der Waals surface area contributed by atoms with E-state index in [4.69, 9.17) is 16.3 Å². The van der Waals surface area contributed by atoms with Gasteiger partial charge in [0.05, 0.1) is 0 Å². The standard InChI is InChI=1S/C19H20ClNO4S/c1-14-7-9-16(10-8-14)11-12-26(23,24)21-13-19(22)25-15(2)17-5-3-4-6-18(17)20/h3-12,15,21H,13H2,1-2H3/b12-11+/t15-/m1/s1. The number of sulfonamides is 1. The molecule has 0 spiro atoms. The molecule has 0 aliphatic heterocycles. The predicted octanol–water partition coefficient (Wildman–Crippen LogP) is 3.84. The number of esters is 1. The Morgan fingerprint density at radius 2 is 1.85 bits per heavy atom. The monoisotopic (exact) mass is 393 g/mol. The molecule has 0 saturated carbocycles. The van der Waals surface area contributed by atoms with Crippen molar-refractivity contribution in [3.8, 4) is 0 Å². The van der Waals surface area contributed by atoms with E-state index in [0.717, 1.165) is 16.5 Å². The van der Waals surface area contributed by atoms with Crippen LogP contribution in [0.3, 0.4) is 0 Å². The van der Waals surface area contributed by atoms with Crippen LogP contribution in [0.4, 0.5) is 0 Å². The second-order valence-corrected chi connectivity index (χ2v) is 7.79. The van der Waals surface area contributed by atoms with Crippen LogP contribution in [0.25, 0.3) is 6.08 Å².